The Hall–Kier alpha value is -1.09. The summed E-state index contributed by atoms with van der Waals surface area (Å²) in [7, 11) is 0. The highest BCUT2D eigenvalue weighted by atomic mass is 32.1. The van der Waals surface area contributed by atoms with E-state index >= 15 is 0 Å². The van der Waals surface area contributed by atoms with Crippen LogP contribution in [0.4, 0.5) is 0 Å². The van der Waals surface area contributed by atoms with Gasteiger partial charge in [0.1, 0.15) is 0 Å². The van der Waals surface area contributed by atoms with Crippen LogP contribution in [0, 0.1) is 0 Å². The lowest BCUT2D eigenvalue weighted by molar-refractivity contribution is 1.39. The number of fused-ring (bicyclic) bond motifs is 1. The quantitative estimate of drug-likeness (QED) is 0.608. The Morgan fingerprint density at radius 2 is 2.30 bits per heavy atom. The summed E-state index contributed by atoms with van der Waals surface area (Å²) in [4.78, 5) is 11.9. The van der Waals surface area contributed by atoms with E-state index in [0.29, 0.717) is 0 Å². The van der Waals surface area contributed by atoms with E-state index in [2.05, 4.69) is 4.37 Å². The predicted octanol–water partition coefficient (Wildman–Crippen LogP) is 1.54. The minimum absolute atomic E-state index is 0.0244. The number of rotatable bonds is 0. The number of aromatic nitrogens is 1. The largest absolute Gasteiger partial charge is 0.277 e. The van der Waals surface area contributed by atoms with Crippen molar-refractivity contribution < 1.29 is 0 Å². The van der Waals surface area contributed by atoms with Crippen LogP contribution in [-0.2, 0) is 0 Å². The molecule has 0 amide bonds. The molecule has 10 heavy (non-hydrogen) atoms. The van der Waals surface area contributed by atoms with E-state index in [1.807, 2.05) is 18.2 Å². The summed E-state index contributed by atoms with van der Waals surface area (Å²) in [5.74, 6) is 0. The van der Waals surface area contributed by atoms with E-state index in [1.165, 1.54) is 11.5 Å². The topological polar surface area (TPSA) is 32.9 Å². The van der Waals surface area contributed by atoms with Crippen molar-refractivity contribution in [3.05, 3.63) is 34.6 Å². The van der Waals surface area contributed by atoms with Gasteiger partial charge in [0, 0.05) is 6.07 Å². The van der Waals surface area contributed by atoms with Crippen molar-refractivity contribution in [2.75, 3.05) is 0 Å². The van der Waals surface area contributed by atoms with Gasteiger partial charge in [0.2, 0.25) is 0 Å². The van der Waals surface area contributed by atoms with Gasteiger partial charge < -0.3 is 0 Å². The Kier molecular flexibility index (Phi) is 1.11. The molecule has 0 atom stereocenters. The van der Waals surface area contributed by atoms with Crippen LogP contribution in [0.25, 0.3) is 10.4 Å². The van der Waals surface area contributed by atoms with E-state index < -0.39 is 0 Å². The number of hydrogen-bond acceptors (Lipinski definition) is 2. The van der Waals surface area contributed by atoms with Crippen LogP contribution in [0.5, 0.6) is 0 Å². The second-order valence-electron chi connectivity index (χ2n) is 2.06. The number of H-pyrrole nitrogens is 1. The van der Waals surface area contributed by atoms with Crippen molar-refractivity contribution in [2.45, 2.75) is 0 Å². The van der Waals surface area contributed by atoms with Gasteiger partial charge in [-0.2, -0.15) is 0 Å². The van der Waals surface area contributed by atoms with Gasteiger partial charge in [0.25, 0.3) is 5.56 Å². The van der Waals surface area contributed by atoms with Crippen LogP contribution >= 0.6 is 11.5 Å². The third-order valence-corrected chi connectivity index (χ3v) is 2.25. The molecule has 1 aliphatic heterocycles. The van der Waals surface area contributed by atoms with Gasteiger partial charge in [0.05, 0.1) is 4.88 Å². The molecule has 0 saturated heterocycles. The van der Waals surface area contributed by atoms with Gasteiger partial charge in [-0.15, -0.1) is 0 Å². The molecule has 1 heterocycles. The Balaban J connectivity index is 2.87. The minimum atomic E-state index is -0.0244. The lowest BCUT2D eigenvalue weighted by atomic mass is 10.3. The van der Waals surface area contributed by atoms with Crippen molar-refractivity contribution in [3.63, 3.8) is 0 Å². The molecule has 1 N–H and O–H groups in total. The molecule has 0 saturated carbocycles. The van der Waals surface area contributed by atoms with Gasteiger partial charge in [-0.3, -0.25) is 9.17 Å². The second kappa shape index (κ2) is 1.95. The highest BCUT2D eigenvalue weighted by Crippen LogP contribution is 2.22. The first-order valence-corrected chi connectivity index (χ1v) is 3.75. The summed E-state index contributed by atoms with van der Waals surface area (Å²) in [6, 6.07) is 7.46. The van der Waals surface area contributed by atoms with E-state index in [1.54, 1.807) is 6.07 Å². The van der Waals surface area contributed by atoms with Crippen molar-refractivity contribution >= 4 is 11.5 Å². The molecule has 0 bridgehead atoms. The molecule has 0 fully saturated rings. The van der Waals surface area contributed by atoms with Crippen molar-refractivity contribution in [2.24, 2.45) is 0 Å². The molecule has 0 spiro atoms. The monoisotopic (exact) mass is 151 g/mol. The van der Waals surface area contributed by atoms with Gasteiger partial charge in [-0.1, -0.05) is 23.7 Å². The van der Waals surface area contributed by atoms with Crippen molar-refractivity contribution in [1.29, 1.82) is 0 Å². The smallest absolute Gasteiger partial charge is 0.257 e. The lowest BCUT2D eigenvalue weighted by Gasteiger charge is -1.91. The molecule has 2 aliphatic rings. The first-order valence-electron chi connectivity index (χ1n) is 2.93. The van der Waals surface area contributed by atoms with Crippen LogP contribution in [0.3, 0.4) is 0 Å². The third kappa shape index (κ3) is 0.752. The molecule has 1 aliphatic carbocycles. The normalized spacial score (nSPS) is 10.4. The maximum Gasteiger partial charge on any atom is 0.257 e. The van der Waals surface area contributed by atoms with Crippen molar-refractivity contribution in [3.8, 4) is 10.4 Å². The standard InChI is InChI=1S/C7H5NOS/c9-7-4-5-2-1-3-6(5)10-8-7/h1-4H,(H,8,9). The molecule has 2 rings (SSSR count). The van der Waals surface area contributed by atoms with Crippen molar-refractivity contribution in [1.82, 2.24) is 4.37 Å². The summed E-state index contributed by atoms with van der Waals surface area (Å²) in [5.41, 5.74) is 0.998. The number of hydrogen-bond donors (Lipinski definition) is 1. The SMILES string of the molecule is O=c1cc2cccc-2s[nH]1. The van der Waals surface area contributed by atoms with Crippen LogP contribution < -0.4 is 5.56 Å². The Morgan fingerprint density at radius 3 is 3.20 bits per heavy atom. The average molecular weight is 151 g/mol. The molecule has 0 radical (unpaired) electrons. The van der Waals surface area contributed by atoms with Crippen LogP contribution in [0.15, 0.2) is 29.1 Å². The molecule has 3 heteroatoms. The lowest BCUT2D eigenvalue weighted by Crippen LogP contribution is -1.99. The summed E-state index contributed by atoms with van der Waals surface area (Å²) in [6.45, 7) is 0. The molecular weight excluding hydrogens is 146 g/mol. The zero-order valence-corrected chi connectivity index (χ0v) is 5.94. The first-order chi connectivity index (χ1) is 4.86. The van der Waals surface area contributed by atoms with Gasteiger partial charge in [0.15, 0.2) is 0 Å². The Morgan fingerprint density at radius 1 is 1.40 bits per heavy atom. The molecule has 0 aromatic heterocycles. The molecule has 2 nitrogen and oxygen atoms in total. The van der Waals surface area contributed by atoms with E-state index in [0.717, 1.165) is 10.4 Å². The van der Waals surface area contributed by atoms with Gasteiger partial charge in [-0.05, 0) is 11.6 Å². The second-order valence-corrected chi connectivity index (χ2v) is 2.91. The number of nitrogens with one attached hydrogen (secondary N) is 1. The predicted molar refractivity (Wildman–Crippen MR) is 41.6 cm³/mol. The van der Waals surface area contributed by atoms with Crippen LogP contribution in [0.2, 0.25) is 0 Å². The van der Waals surface area contributed by atoms with E-state index in [9.17, 15) is 4.79 Å². The third-order valence-electron chi connectivity index (χ3n) is 1.36. The molecular formula is C7H5NOS. The molecule has 50 valence electrons. The van der Waals surface area contributed by atoms with Crippen LogP contribution in [0.1, 0.15) is 0 Å². The number of aromatic amines is 1. The minimum Gasteiger partial charge on any atom is -0.277 e. The van der Waals surface area contributed by atoms with Gasteiger partial charge in [-0.25, -0.2) is 0 Å². The van der Waals surface area contributed by atoms with E-state index in [4.69, 9.17) is 0 Å². The summed E-state index contributed by atoms with van der Waals surface area (Å²) >= 11 is 1.37. The first kappa shape index (κ1) is 5.68. The fourth-order valence-electron chi connectivity index (χ4n) is 0.906. The fraction of sp³-hybridized carbons (Fsp3) is 0. The van der Waals surface area contributed by atoms with E-state index in [-0.39, 0.29) is 5.56 Å². The summed E-state index contributed by atoms with van der Waals surface area (Å²) in [6.07, 6.45) is 0. The molecule has 0 aromatic rings. The maximum atomic E-state index is 10.7. The maximum absolute atomic E-state index is 10.7. The summed E-state index contributed by atoms with van der Waals surface area (Å²) < 4.78 is 2.65. The zero-order valence-electron chi connectivity index (χ0n) is 5.13. The Labute approximate surface area is 61.6 Å². The zero-order chi connectivity index (χ0) is 6.97. The average Bonchev–Trinajstić information content (AvgIpc) is 2.33. The fourth-order valence-corrected chi connectivity index (χ4v) is 1.57. The highest BCUT2D eigenvalue weighted by Gasteiger charge is 2.00. The summed E-state index contributed by atoms with van der Waals surface area (Å²) in [5, 5.41) is 0. The van der Waals surface area contributed by atoms with Gasteiger partial charge >= 0.3 is 0 Å². The van der Waals surface area contributed by atoms with Crippen LogP contribution in [-0.4, -0.2) is 4.37 Å². The molecule has 0 unspecified atom stereocenters. The Bertz CT molecular complexity index is 362. The highest BCUT2D eigenvalue weighted by molar-refractivity contribution is 7.09. The molecule has 0 aromatic carbocycles.